The van der Waals surface area contributed by atoms with Gasteiger partial charge in [-0.25, -0.2) is 4.39 Å². The molecule has 7 heteroatoms. The number of hydrogen-bond acceptors (Lipinski definition) is 3. The number of halogens is 2. The minimum atomic E-state index is -0.556. The lowest BCUT2D eigenvalue weighted by Crippen LogP contribution is -2.29. The van der Waals surface area contributed by atoms with Gasteiger partial charge in [0.2, 0.25) is 0 Å². The lowest BCUT2D eigenvalue weighted by atomic mass is 10.2. The van der Waals surface area contributed by atoms with Gasteiger partial charge in [0.15, 0.2) is 0 Å². The molecule has 0 atom stereocenters. The van der Waals surface area contributed by atoms with Crippen LogP contribution >= 0.6 is 11.6 Å². The van der Waals surface area contributed by atoms with Crippen LogP contribution in [0.25, 0.3) is 0 Å². The van der Waals surface area contributed by atoms with Crippen molar-refractivity contribution in [2.45, 2.75) is 6.54 Å². The van der Waals surface area contributed by atoms with Gasteiger partial charge in [-0.15, -0.1) is 0 Å². The molecule has 1 aromatic heterocycles. The monoisotopic (exact) mass is 386 g/mol. The van der Waals surface area contributed by atoms with Crippen molar-refractivity contribution in [1.82, 2.24) is 4.57 Å². The van der Waals surface area contributed by atoms with E-state index in [1.165, 1.54) is 29.0 Å². The number of benzene rings is 2. The van der Waals surface area contributed by atoms with Gasteiger partial charge in [-0.2, -0.15) is 0 Å². The number of rotatable bonds is 5. The Balaban J connectivity index is 1.85. The van der Waals surface area contributed by atoms with Crippen LogP contribution in [0.15, 0.2) is 65.6 Å². The molecule has 5 nitrogen and oxygen atoms in total. The second-order valence-corrected chi connectivity index (χ2v) is 6.14. The molecule has 27 heavy (non-hydrogen) atoms. The quantitative estimate of drug-likeness (QED) is 0.722. The topological polar surface area (TPSA) is 60.3 Å². The molecule has 0 aliphatic carbocycles. The fourth-order valence-electron chi connectivity index (χ4n) is 2.56. The van der Waals surface area contributed by atoms with E-state index < -0.39 is 17.3 Å². The number of nitrogens with one attached hydrogen (secondary N) is 1. The molecule has 1 amide bonds. The number of ether oxygens (including phenoxy) is 1. The Morgan fingerprint density at radius 2 is 1.89 bits per heavy atom. The van der Waals surface area contributed by atoms with Gasteiger partial charge in [-0.1, -0.05) is 17.7 Å². The summed E-state index contributed by atoms with van der Waals surface area (Å²) in [5, 5.41) is 2.87. The van der Waals surface area contributed by atoms with Gasteiger partial charge in [-0.3, -0.25) is 9.59 Å². The second kappa shape index (κ2) is 8.05. The van der Waals surface area contributed by atoms with E-state index in [1.54, 1.807) is 43.5 Å². The lowest BCUT2D eigenvalue weighted by Gasteiger charge is -2.11. The van der Waals surface area contributed by atoms with Crippen LogP contribution in [0.2, 0.25) is 5.02 Å². The second-order valence-electron chi connectivity index (χ2n) is 5.74. The first-order valence-corrected chi connectivity index (χ1v) is 8.45. The maximum Gasteiger partial charge on any atom is 0.263 e. The van der Waals surface area contributed by atoms with Crippen molar-refractivity contribution in [3.05, 3.63) is 93.1 Å². The third-order valence-electron chi connectivity index (χ3n) is 4.00. The average Bonchev–Trinajstić information content (AvgIpc) is 2.66. The SMILES string of the molecule is COc1ccc(NC(=O)c2cccn(Cc3c(F)cccc3Cl)c2=O)cc1. The first-order chi connectivity index (χ1) is 13.0. The molecule has 1 heterocycles. The van der Waals surface area contributed by atoms with Crippen LogP contribution in [0, 0.1) is 5.82 Å². The summed E-state index contributed by atoms with van der Waals surface area (Å²) < 4.78 is 20.3. The third kappa shape index (κ3) is 4.17. The van der Waals surface area contributed by atoms with Gasteiger partial charge < -0.3 is 14.6 Å². The number of carbonyl (C=O) groups is 1. The number of nitrogens with zero attached hydrogens (tertiary/aromatic N) is 1. The molecule has 3 rings (SSSR count). The van der Waals surface area contributed by atoms with Gasteiger partial charge >= 0.3 is 0 Å². The van der Waals surface area contributed by atoms with Crippen molar-refractivity contribution >= 4 is 23.2 Å². The summed E-state index contributed by atoms with van der Waals surface area (Å²) >= 11 is 6.02. The predicted octanol–water partition coefficient (Wildman–Crippen LogP) is 3.95. The Bertz CT molecular complexity index is 1010. The standard InChI is InChI=1S/C20H16ClFN2O3/c1-27-14-9-7-13(8-10-14)23-19(25)15-4-3-11-24(20(15)26)12-16-17(21)5-2-6-18(16)22/h2-11H,12H2,1H3,(H,23,25). The van der Waals surface area contributed by atoms with E-state index in [9.17, 15) is 14.0 Å². The van der Waals surface area contributed by atoms with E-state index in [0.717, 1.165) is 0 Å². The zero-order valence-corrected chi connectivity index (χ0v) is 15.2. The molecule has 2 aromatic carbocycles. The molecule has 0 radical (unpaired) electrons. The highest BCUT2D eigenvalue weighted by atomic mass is 35.5. The van der Waals surface area contributed by atoms with Gasteiger partial charge in [0, 0.05) is 22.5 Å². The van der Waals surface area contributed by atoms with Gasteiger partial charge in [0.25, 0.3) is 11.5 Å². The fraction of sp³-hybridized carbons (Fsp3) is 0.100. The van der Waals surface area contributed by atoms with Crippen molar-refractivity contribution in [1.29, 1.82) is 0 Å². The molecule has 0 aliphatic heterocycles. The smallest absolute Gasteiger partial charge is 0.263 e. The molecule has 0 bridgehead atoms. The number of carbonyl (C=O) groups excluding carboxylic acids is 1. The lowest BCUT2D eigenvalue weighted by molar-refractivity contribution is 0.102. The van der Waals surface area contributed by atoms with Crippen LogP contribution in [0.4, 0.5) is 10.1 Å². The average molecular weight is 387 g/mol. The molecule has 1 N–H and O–H groups in total. The Kier molecular flexibility index (Phi) is 5.57. The Labute approximate surface area is 160 Å². The highest BCUT2D eigenvalue weighted by Crippen LogP contribution is 2.20. The highest BCUT2D eigenvalue weighted by molar-refractivity contribution is 6.31. The first kappa shape index (κ1) is 18.7. The van der Waals surface area contributed by atoms with Crippen molar-refractivity contribution in [2.75, 3.05) is 12.4 Å². The highest BCUT2D eigenvalue weighted by Gasteiger charge is 2.14. The number of methoxy groups -OCH3 is 1. The predicted molar refractivity (Wildman–Crippen MR) is 102 cm³/mol. The molecule has 0 spiro atoms. The van der Waals surface area contributed by atoms with Crippen LogP contribution in [-0.4, -0.2) is 17.6 Å². The van der Waals surface area contributed by atoms with E-state index >= 15 is 0 Å². The number of aromatic nitrogens is 1. The van der Waals surface area contributed by atoms with Crippen LogP contribution in [0.3, 0.4) is 0 Å². The van der Waals surface area contributed by atoms with Crippen molar-refractivity contribution in [3.63, 3.8) is 0 Å². The maximum atomic E-state index is 14.0. The van der Waals surface area contributed by atoms with Crippen LogP contribution in [0.5, 0.6) is 5.75 Å². The molecule has 0 fully saturated rings. The van der Waals surface area contributed by atoms with E-state index in [0.29, 0.717) is 11.4 Å². The first-order valence-electron chi connectivity index (χ1n) is 8.07. The number of amides is 1. The third-order valence-corrected chi connectivity index (χ3v) is 4.36. The fourth-order valence-corrected chi connectivity index (χ4v) is 2.78. The Morgan fingerprint density at radius 1 is 1.15 bits per heavy atom. The number of anilines is 1. The van der Waals surface area contributed by atoms with Gasteiger partial charge in [-0.05, 0) is 48.5 Å². The summed E-state index contributed by atoms with van der Waals surface area (Å²) in [5.41, 5.74) is 0.116. The minimum absolute atomic E-state index is 0.0548. The maximum absolute atomic E-state index is 14.0. The zero-order chi connectivity index (χ0) is 19.4. The number of hydrogen-bond donors (Lipinski definition) is 1. The summed E-state index contributed by atoms with van der Waals surface area (Å²) in [7, 11) is 1.54. The van der Waals surface area contributed by atoms with E-state index in [-0.39, 0.29) is 22.7 Å². The van der Waals surface area contributed by atoms with E-state index in [4.69, 9.17) is 16.3 Å². The summed E-state index contributed by atoms with van der Waals surface area (Å²) in [6, 6.07) is 14.0. The van der Waals surface area contributed by atoms with E-state index in [2.05, 4.69) is 5.32 Å². The summed E-state index contributed by atoms with van der Waals surface area (Å²) in [6.45, 7) is -0.0754. The molecule has 0 unspecified atom stereocenters. The van der Waals surface area contributed by atoms with Gasteiger partial charge in [0.1, 0.15) is 17.1 Å². The van der Waals surface area contributed by atoms with Gasteiger partial charge in [0.05, 0.1) is 13.7 Å². The van der Waals surface area contributed by atoms with Crippen LogP contribution < -0.4 is 15.6 Å². The molecule has 3 aromatic rings. The normalized spacial score (nSPS) is 10.5. The Hall–Kier alpha value is -3.12. The van der Waals surface area contributed by atoms with Crippen LogP contribution in [0.1, 0.15) is 15.9 Å². The van der Waals surface area contributed by atoms with Crippen molar-refractivity contribution < 1.29 is 13.9 Å². The van der Waals surface area contributed by atoms with Crippen LogP contribution in [-0.2, 0) is 6.54 Å². The molecule has 138 valence electrons. The molecule has 0 saturated carbocycles. The Morgan fingerprint density at radius 3 is 2.56 bits per heavy atom. The summed E-state index contributed by atoms with van der Waals surface area (Å²) in [6.07, 6.45) is 1.48. The minimum Gasteiger partial charge on any atom is -0.497 e. The molecular formula is C20H16ClFN2O3. The molecule has 0 aliphatic rings. The summed E-state index contributed by atoms with van der Waals surface area (Å²) in [5.74, 6) is -0.418. The number of pyridine rings is 1. The van der Waals surface area contributed by atoms with E-state index in [1.807, 2.05) is 0 Å². The van der Waals surface area contributed by atoms with Crippen molar-refractivity contribution in [2.24, 2.45) is 0 Å². The zero-order valence-electron chi connectivity index (χ0n) is 14.4. The summed E-state index contributed by atoms with van der Waals surface area (Å²) in [4.78, 5) is 25.1. The largest absolute Gasteiger partial charge is 0.497 e. The molecular weight excluding hydrogens is 371 g/mol. The van der Waals surface area contributed by atoms with Crippen molar-refractivity contribution in [3.8, 4) is 5.75 Å². The molecule has 0 saturated heterocycles.